The number of rotatable bonds is 5. The summed E-state index contributed by atoms with van der Waals surface area (Å²) in [5, 5.41) is 9.19. The minimum atomic E-state index is -4.21. The molecule has 2 aromatic rings. The van der Waals surface area contributed by atoms with Gasteiger partial charge in [0.25, 0.3) is 10.0 Å². The molecule has 0 fully saturated rings. The molecule has 116 valence electrons. The fourth-order valence-electron chi connectivity index (χ4n) is 1.98. The van der Waals surface area contributed by atoms with E-state index in [1.54, 1.807) is 6.07 Å². The summed E-state index contributed by atoms with van der Waals surface area (Å²) in [6.07, 6.45) is 0. The molecule has 0 heterocycles. The largest absolute Gasteiger partial charge is 0.480 e. The highest BCUT2D eigenvalue weighted by Gasteiger charge is 2.34. The SMILES string of the molecule is CC(C(=O)O)N(c1ccccc1F)S(=O)(=O)c1ccccc1. The molecule has 0 spiro atoms. The Balaban J connectivity index is 2.65. The van der Waals surface area contributed by atoms with Gasteiger partial charge in [-0.1, -0.05) is 30.3 Å². The van der Waals surface area contributed by atoms with E-state index in [4.69, 9.17) is 0 Å². The lowest BCUT2D eigenvalue weighted by atomic mass is 10.2. The number of carboxylic acids is 1. The van der Waals surface area contributed by atoms with Crippen molar-refractivity contribution in [2.75, 3.05) is 4.31 Å². The maximum atomic E-state index is 14.0. The fourth-order valence-corrected chi connectivity index (χ4v) is 3.62. The number of nitrogens with zero attached hydrogens (tertiary/aromatic N) is 1. The van der Waals surface area contributed by atoms with E-state index in [0.717, 1.165) is 6.07 Å². The quantitative estimate of drug-likeness (QED) is 0.917. The summed E-state index contributed by atoms with van der Waals surface area (Å²) in [6.45, 7) is 1.19. The van der Waals surface area contributed by atoms with Gasteiger partial charge in [-0.25, -0.2) is 21.9 Å². The van der Waals surface area contributed by atoms with Crippen molar-refractivity contribution in [2.45, 2.75) is 17.9 Å². The molecule has 1 atom stereocenters. The summed E-state index contributed by atoms with van der Waals surface area (Å²) in [5.41, 5.74) is -0.304. The summed E-state index contributed by atoms with van der Waals surface area (Å²) in [4.78, 5) is 11.2. The van der Waals surface area contributed by atoms with E-state index in [9.17, 15) is 22.7 Å². The van der Waals surface area contributed by atoms with Crippen LogP contribution in [0.2, 0.25) is 0 Å². The highest BCUT2D eigenvalue weighted by atomic mass is 32.2. The highest BCUT2D eigenvalue weighted by Crippen LogP contribution is 2.28. The fraction of sp³-hybridized carbons (Fsp3) is 0.133. The molecule has 0 amide bonds. The summed E-state index contributed by atoms with van der Waals surface area (Å²) in [6, 6.07) is 11.0. The van der Waals surface area contributed by atoms with Crippen molar-refractivity contribution in [3.63, 3.8) is 0 Å². The lowest BCUT2D eigenvalue weighted by Crippen LogP contribution is -2.43. The molecule has 0 bridgehead atoms. The zero-order valence-electron chi connectivity index (χ0n) is 11.7. The maximum Gasteiger partial charge on any atom is 0.327 e. The number of halogens is 1. The van der Waals surface area contributed by atoms with Crippen LogP contribution in [0.4, 0.5) is 10.1 Å². The van der Waals surface area contributed by atoms with Gasteiger partial charge in [-0.05, 0) is 31.2 Å². The average Bonchev–Trinajstić information content (AvgIpc) is 2.50. The number of anilines is 1. The van der Waals surface area contributed by atoms with E-state index in [1.807, 2.05) is 0 Å². The second kappa shape index (κ2) is 6.15. The Hall–Kier alpha value is -2.41. The molecule has 7 heteroatoms. The number of sulfonamides is 1. The van der Waals surface area contributed by atoms with Gasteiger partial charge in [0.15, 0.2) is 0 Å². The Morgan fingerprint density at radius 3 is 2.18 bits per heavy atom. The standard InChI is InChI=1S/C15H14FNO4S/c1-11(15(18)19)17(14-10-6-5-9-13(14)16)22(20,21)12-7-3-2-4-8-12/h2-11H,1H3,(H,18,19). The van der Waals surface area contributed by atoms with Crippen LogP contribution < -0.4 is 4.31 Å². The molecule has 0 saturated carbocycles. The van der Waals surface area contributed by atoms with Crippen molar-refractivity contribution in [1.29, 1.82) is 0 Å². The summed E-state index contributed by atoms with van der Waals surface area (Å²) in [7, 11) is -4.21. The van der Waals surface area contributed by atoms with Crippen LogP contribution in [0.1, 0.15) is 6.92 Å². The molecule has 0 aliphatic rings. The van der Waals surface area contributed by atoms with Gasteiger partial charge in [-0.2, -0.15) is 0 Å². The molecule has 0 aliphatic heterocycles. The molecule has 22 heavy (non-hydrogen) atoms. The van der Waals surface area contributed by atoms with E-state index >= 15 is 0 Å². The van der Waals surface area contributed by atoms with Crippen LogP contribution >= 0.6 is 0 Å². The normalized spacial score (nSPS) is 12.6. The van der Waals surface area contributed by atoms with E-state index in [-0.39, 0.29) is 10.6 Å². The van der Waals surface area contributed by atoms with Crippen molar-refractivity contribution >= 4 is 21.7 Å². The number of hydrogen-bond acceptors (Lipinski definition) is 3. The third kappa shape index (κ3) is 2.94. The summed E-state index contributed by atoms with van der Waals surface area (Å²) in [5.74, 6) is -2.18. The van der Waals surface area contributed by atoms with Gasteiger partial charge in [-0.15, -0.1) is 0 Å². The molecule has 1 N–H and O–H groups in total. The monoisotopic (exact) mass is 323 g/mol. The van der Waals surface area contributed by atoms with Crippen molar-refractivity contribution in [1.82, 2.24) is 0 Å². The van der Waals surface area contributed by atoms with Gasteiger partial charge in [0, 0.05) is 0 Å². The summed E-state index contributed by atoms with van der Waals surface area (Å²) < 4.78 is 40.0. The first kappa shape index (κ1) is 16.0. The predicted octanol–water partition coefficient (Wildman–Crippen LogP) is 2.49. The first-order valence-electron chi connectivity index (χ1n) is 6.42. The second-order valence-corrected chi connectivity index (χ2v) is 6.39. The zero-order chi connectivity index (χ0) is 16.3. The lowest BCUT2D eigenvalue weighted by Gasteiger charge is -2.28. The van der Waals surface area contributed by atoms with Crippen LogP contribution in [0.15, 0.2) is 59.5 Å². The van der Waals surface area contributed by atoms with Crippen LogP contribution in [0.3, 0.4) is 0 Å². The van der Waals surface area contributed by atoms with E-state index in [2.05, 4.69) is 0 Å². The minimum absolute atomic E-state index is 0.105. The Bertz CT molecular complexity index is 777. The number of benzene rings is 2. The Kier molecular flexibility index (Phi) is 4.46. The smallest absolute Gasteiger partial charge is 0.327 e. The van der Waals surface area contributed by atoms with Gasteiger partial charge >= 0.3 is 5.97 Å². The lowest BCUT2D eigenvalue weighted by molar-refractivity contribution is -0.137. The zero-order valence-corrected chi connectivity index (χ0v) is 12.5. The molecular formula is C15H14FNO4S. The molecule has 0 radical (unpaired) electrons. The van der Waals surface area contributed by atoms with Crippen molar-refractivity contribution in [2.24, 2.45) is 0 Å². The van der Waals surface area contributed by atoms with Crippen LogP contribution in [-0.4, -0.2) is 25.5 Å². The van der Waals surface area contributed by atoms with Crippen molar-refractivity contribution in [3.8, 4) is 0 Å². The molecule has 5 nitrogen and oxygen atoms in total. The van der Waals surface area contributed by atoms with Gasteiger partial charge < -0.3 is 5.11 Å². The topological polar surface area (TPSA) is 74.7 Å². The third-order valence-electron chi connectivity index (χ3n) is 3.10. The number of aliphatic carboxylic acids is 1. The molecule has 2 aromatic carbocycles. The first-order valence-corrected chi connectivity index (χ1v) is 7.86. The average molecular weight is 323 g/mol. The number of hydrogen-bond donors (Lipinski definition) is 1. The molecule has 2 rings (SSSR count). The van der Waals surface area contributed by atoms with Gasteiger partial charge in [0.1, 0.15) is 11.9 Å². The number of carboxylic acid groups (broad SMARTS) is 1. The van der Waals surface area contributed by atoms with Gasteiger partial charge in [0.05, 0.1) is 10.6 Å². The van der Waals surface area contributed by atoms with Crippen molar-refractivity contribution in [3.05, 3.63) is 60.4 Å². The predicted molar refractivity (Wildman–Crippen MR) is 79.6 cm³/mol. The Morgan fingerprint density at radius 2 is 1.64 bits per heavy atom. The Morgan fingerprint density at radius 1 is 1.09 bits per heavy atom. The molecule has 0 aromatic heterocycles. The Labute approximate surface area is 127 Å². The van der Waals surface area contributed by atoms with Crippen LogP contribution in [0.25, 0.3) is 0 Å². The van der Waals surface area contributed by atoms with Crippen molar-refractivity contribution < 1.29 is 22.7 Å². The third-order valence-corrected chi connectivity index (χ3v) is 5.00. The van der Waals surface area contributed by atoms with Crippen LogP contribution in [0, 0.1) is 5.82 Å². The van der Waals surface area contributed by atoms with E-state index in [0.29, 0.717) is 4.31 Å². The highest BCUT2D eigenvalue weighted by molar-refractivity contribution is 7.92. The molecule has 1 unspecified atom stereocenters. The minimum Gasteiger partial charge on any atom is -0.480 e. The molecular weight excluding hydrogens is 309 g/mol. The van der Waals surface area contributed by atoms with Gasteiger partial charge in [0.2, 0.25) is 0 Å². The molecule has 0 saturated heterocycles. The number of carbonyl (C=O) groups is 1. The summed E-state index contributed by atoms with van der Waals surface area (Å²) >= 11 is 0. The maximum absolute atomic E-state index is 14.0. The second-order valence-electron chi connectivity index (χ2n) is 4.58. The van der Waals surface area contributed by atoms with Gasteiger partial charge in [-0.3, -0.25) is 0 Å². The first-order chi connectivity index (χ1) is 10.4. The number of para-hydroxylation sites is 1. The molecule has 0 aliphatic carbocycles. The van der Waals surface area contributed by atoms with E-state index < -0.39 is 27.9 Å². The van der Waals surface area contributed by atoms with Crippen LogP contribution in [0.5, 0.6) is 0 Å². The van der Waals surface area contributed by atoms with E-state index in [1.165, 1.54) is 49.4 Å². The van der Waals surface area contributed by atoms with Crippen LogP contribution in [-0.2, 0) is 14.8 Å².